The van der Waals surface area contributed by atoms with Gasteiger partial charge in [0.25, 0.3) is 11.8 Å². The van der Waals surface area contributed by atoms with Crippen LogP contribution in [0.15, 0.2) is 60.7 Å². The Labute approximate surface area is 177 Å². The predicted molar refractivity (Wildman–Crippen MR) is 114 cm³/mol. The molecule has 2 aromatic carbocycles. The van der Waals surface area contributed by atoms with Gasteiger partial charge in [0.1, 0.15) is 12.1 Å². The van der Waals surface area contributed by atoms with Crippen molar-refractivity contribution in [2.24, 2.45) is 0 Å². The molecule has 0 spiro atoms. The van der Waals surface area contributed by atoms with E-state index in [1.54, 1.807) is 48.5 Å². The zero-order valence-electron chi connectivity index (χ0n) is 17.4. The topological polar surface area (TPSA) is 88.2 Å². The summed E-state index contributed by atoms with van der Waals surface area (Å²) in [5.74, 6) is -0.526. The number of benzene rings is 2. The Balaban J connectivity index is 2.30. The Hall–Kier alpha value is -3.64. The molecule has 0 fully saturated rings. The molecule has 0 radical (unpaired) electrons. The molecule has 0 N–H and O–H groups in total. The second-order valence-corrected chi connectivity index (χ2v) is 6.84. The summed E-state index contributed by atoms with van der Waals surface area (Å²) in [4.78, 5) is 29.1. The van der Waals surface area contributed by atoms with Crippen molar-refractivity contribution in [3.05, 3.63) is 71.8 Å². The standard InChI is InChI=1S/C24H26N4O2/c1-3-21(17-25)27(23(29)19-11-7-5-8-12-19)15-16-28(22(4-2)18-26)24(30)20-13-9-6-10-14-20/h5-14,21-22H,3-4,15-16H2,1-2H3/t21-,22-/m1/s1. The highest BCUT2D eigenvalue weighted by atomic mass is 16.2. The zero-order valence-corrected chi connectivity index (χ0v) is 17.4. The maximum atomic E-state index is 13.1. The average Bonchev–Trinajstić information content (AvgIpc) is 2.81. The number of rotatable bonds is 9. The van der Waals surface area contributed by atoms with Gasteiger partial charge in [-0.15, -0.1) is 0 Å². The van der Waals surface area contributed by atoms with E-state index in [9.17, 15) is 20.1 Å². The van der Waals surface area contributed by atoms with Gasteiger partial charge in [-0.25, -0.2) is 0 Å². The molecule has 0 bridgehead atoms. The van der Waals surface area contributed by atoms with Crippen LogP contribution < -0.4 is 0 Å². The highest BCUT2D eigenvalue weighted by molar-refractivity contribution is 5.95. The largest absolute Gasteiger partial charge is 0.321 e. The monoisotopic (exact) mass is 402 g/mol. The van der Waals surface area contributed by atoms with Crippen molar-refractivity contribution >= 4 is 11.8 Å². The molecule has 2 aromatic rings. The molecule has 154 valence electrons. The van der Waals surface area contributed by atoms with Gasteiger partial charge in [-0.1, -0.05) is 50.2 Å². The molecule has 0 aliphatic carbocycles. The molecular formula is C24H26N4O2. The molecule has 2 atom stereocenters. The van der Waals surface area contributed by atoms with Gasteiger partial charge in [-0.05, 0) is 37.1 Å². The van der Waals surface area contributed by atoms with Gasteiger partial charge >= 0.3 is 0 Å². The van der Waals surface area contributed by atoms with E-state index < -0.39 is 12.1 Å². The van der Waals surface area contributed by atoms with Gasteiger partial charge in [-0.3, -0.25) is 9.59 Å². The van der Waals surface area contributed by atoms with Crippen LogP contribution in [0.3, 0.4) is 0 Å². The first kappa shape index (κ1) is 22.6. The van der Waals surface area contributed by atoms with Gasteiger partial charge < -0.3 is 9.80 Å². The van der Waals surface area contributed by atoms with Crippen LogP contribution in [0.4, 0.5) is 0 Å². The van der Waals surface area contributed by atoms with E-state index in [1.807, 2.05) is 26.0 Å². The average molecular weight is 402 g/mol. The lowest BCUT2D eigenvalue weighted by molar-refractivity contribution is 0.0603. The normalized spacial score (nSPS) is 12.1. The van der Waals surface area contributed by atoms with Crippen LogP contribution in [0.5, 0.6) is 0 Å². The molecule has 6 heteroatoms. The predicted octanol–water partition coefficient (Wildman–Crippen LogP) is 3.88. The quantitative estimate of drug-likeness (QED) is 0.637. The lowest BCUT2D eigenvalue weighted by atomic mass is 10.1. The Bertz CT molecular complexity index is 838. The van der Waals surface area contributed by atoms with Gasteiger partial charge in [0.2, 0.25) is 0 Å². The van der Waals surface area contributed by atoms with Crippen LogP contribution in [0.25, 0.3) is 0 Å². The lowest BCUT2D eigenvalue weighted by Gasteiger charge is -2.32. The number of amides is 2. The van der Waals surface area contributed by atoms with E-state index in [4.69, 9.17) is 0 Å². The lowest BCUT2D eigenvalue weighted by Crippen LogP contribution is -2.48. The smallest absolute Gasteiger partial charge is 0.254 e. The fourth-order valence-electron chi connectivity index (χ4n) is 3.27. The zero-order chi connectivity index (χ0) is 21.9. The third-order valence-electron chi connectivity index (χ3n) is 4.97. The number of carbonyl (C=O) groups excluding carboxylic acids is 2. The maximum absolute atomic E-state index is 13.1. The Kier molecular flexibility index (Phi) is 8.59. The van der Waals surface area contributed by atoms with Crippen molar-refractivity contribution in [3.63, 3.8) is 0 Å². The maximum Gasteiger partial charge on any atom is 0.254 e. The second-order valence-electron chi connectivity index (χ2n) is 6.84. The molecule has 0 aromatic heterocycles. The van der Waals surface area contributed by atoms with Gasteiger partial charge in [0.05, 0.1) is 12.1 Å². The number of hydrogen-bond acceptors (Lipinski definition) is 4. The molecular weight excluding hydrogens is 376 g/mol. The molecule has 2 rings (SSSR count). The summed E-state index contributed by atoms with van der Waals surface area (Å²) in [5.41, 5.74) is 0.971. The van der Waals surface area contributed by atoms with Gasteiger partial charge in [0.15, 0.2) is 0 Å². The number of nitriles is 2. The van der Waals surface area contributed by atoms with Crippen LogP contribution in [-0.4, -0.2) is 46.8 Å². The van der Waals surface area contributed by atoms with Gasteiger partial charge in [0, 0.05) is 24.2 Å². The van der Waals surface area contributed by atoms with E-state index in [1.165, 1.54) is 9.80 Å². The van der Waals surface area contributed by atoms with Crippen molar-refractivity contribution in [1.29, 1.82) is 10.5 Å². The first-order chi connectivity index (χ1) is 14.6. The molecule has 2 amide bonds. The first-order valence-electron chi connectivity index (χ1n) is 10.1. The number of carbonyl (C=O) groups is 2. The first-order valence-corrected chi connectivity index (χ1v) is 10.1. The number of hydrogen-bond donors (Lipinski definition) is 0. The van der Waals surface area contributed by atoms with E-state index in [0.29, 0.717) is 24.0 Å². The minimum absolute atomic E-state index is 0.163. The molecule has 6 nitrogen and oxygen atoms in total. The fraction of sp³-hybridized carbons (Fsp3) is 0.333. The SMILES string of the molecule is CC[C@H](C#N)N(CCN(C(=O)c1ccccc1)[C@@H](C#N)CC)C(=O)c1ccccc1. The number of nitrogens with zero attached hydrogens (tertiary/aromatic N) is 4. The van der Waals surface area contributed by atoms with Crippen molar-refractivity contribution in [2.75, 3.05) is 13.1 Å². The summed E-state index contributed by atoms with van der Waals surface area (Å²) in [5, 5.41) is 19.1. The molecule has 0 aliphatic rings. The van der Waals surface area contributed by atoms with E-state index in [-0.39, 0.29) is 24.9 Å². The van der Waals surface area contributed by atoms with Crippen molar-refractivity contribution in [1.82, 2.24) is 9.80 Å². The molecule has 0 heterocycles. The summed E-state index contributed by atoms with van der Waals surface area (Å²) >= 11 is 0. The van der Waals surface area contributed by atoms with E-state index in [0.717, 1.165) is 0 Å². The third kappa shape index (κ3) is 5.46. The fourth-order valence-corrected chi connectivity index (χ4v) is 3.27. The van der Waals surface area contributed by atoms with Crippen LogP contribution >= 0.6 is 0 Å². The Morgan fingerprint density at radius 1 is 0.733 bits per heavy atom. The van der Waals surface area contributed by atoms with Gasteiger partial charge in [-0.2, -0.15) is 10.5 Å². The van der Waals surface area contributed by atoms with Crippen molar-refractivity contribution in [2.45, 2.75) is 38.8 Å². The van der Waals surface area contributed by atoms with Crippen LogP contribution in [0, 0.1) is 22.7 Å². The molecule has 0 saturated heterocycles. The Morgan fingerprint density at radius 3 is 1.33 bits per heavy atom. The van der Waals surface area contributed by atoms with Crippen LogP contribution in [-0.2, 0) is 0 Å². The van der Waals surface area contributed by atoms with Crippen molar-refractivity contribution in [3.8, 4) is 12.1 Å². The summed E-state index contributed by atoms with van der Waals surface area (Å²) < 4.78 is 0. The molecule has 0 saturated carbocycles. The highest BCUT2D eigenvalue weighted by Crippen LogP contribution is 2.15. The minimum atomic E-state index is -0.617. The van der Waals surface area contributed by atoms with Crippen LogP contribution in [0.1, 0.15) is 47.4 Å². The summed E-state index contributed by atoms with van der Waals surface area (Å²) in [6.45, 7) is 4.01. The van der Waals surface area contributed by atoms with Crippen LogP contribution in [0.2, 0.25) is 0 Å². The van der Waals surface area contributed by atoms with Crippen molar-refractivity contribution < 1.29 is 9.59 Å². The molecule has 0 unspecified atom stereocenters. The summed E-state index contributed by atoms with van der Waals surface area (Å²) in [7, 11) is 0. The minimum Gasteiger partial charge on any atom is -0.321 e. The van der Waals surface area contributed by atoms with E-state index >= 15 is 0 Å². The van der Waals surface area contributed by atoms with E-state index in [2.05, 4.69) is 12.1 Å². The third-order valence-corrected chi connectivity index (χ3v) is 4.97. The summed E-state index contributed by atoms with van der Waals surface area (Å²) in [6, 6.07) is 20.7. The summed E-state index contributed by atoms with van der Waals surface area (Å²) in [6.07, 6.45) is 0.939. The highest BCUT2D eigenvalue weighted by Gasteiger charge is 2.28. The molecule has 30 heavy (non-hydrogen) atoms. The Morgan fingerprint density at radius 2 is 1.07 bits per heavy atom. The molecule has 0 aliphatic heterocycles. The second kappa shape index (κ2) is 11.4.